The number of ether oxygens (including phenoxy) is 1. The fourth-order valence-corrected chi connectivity index (χ4v) is 5.93. The molecule has 2 aromatic carbocycles. The molecule has 1 aromatic heterocycles. The van der Waals surface area contributed by atoms with Crippen LogP contribution >= 0.6 is 11.3 Å². The molecule has 0 unspecified atom stereocenters. The number of benzene rings is 2. The highest BCUT2D eigenvalue weighted by Gasteiger charge is 2.24. The van der Waals surface area contributed by atoms with Crippen molar-refractivity contribution in [2.24, 2.45) is 0 Å². The Hall–Kier alpha value is -2.69. The number of aryl methyl sites for hydroxylation is 2. The van der Waals surface area contributed by atoms with E-state index in [0.29, 0.717) is 11.5 Å². The molecular weight excluding hydrogens is 414 g/mol. The van der Waals surface area contributed by atoms with Crippen LogP contribution in [0.5, 0.6) is 0 Å². The van der Waals surface area contributed by atoms with Crippen LogP contribution in [-0.4, -0.2) is 30.6 Å². The summed E-state index contributed by atoms with van der Waals surface area (Å²) in [4.78, 5) is 16.4. The second-order valence-corrected chi connectivity index (χ2v) is 9.72. The van der Waals surface area contributed by atoms with Crippen LogP contribution in [0.4, 0.5) is 0 Å². The Kier molecular flexibility index (Phi) is 6.24. The number of piperidine rings is 1. The van der Waals surface area contributed by atoms with E-state index in [-0.39, 0.29) is 5.97 Å². The smallest absolute Gasteiger partial charge is 0.348 e. The summed E-state index contributed by atoms with van der Waals surface area (Å²) in [5.74, 6) is -0.208. The molecule has 0 bridgehead atoms. The maximum Gasteiger partial charge on any atom is 0.348 e. The van der Waals surface area contributed by atoms with Gasteiger partial charge in [-0.1, -0.05) is 54.1 Å². The Labute approximate surface area is 194 Å². The molecule has 5 rings (SSSR count). The lowest BCUT2D eigenvalue weighted by molar-refractivity contribution is 0.0532. The Balaban J connectivity index is 1.37. The number of hydrogen-bond acceptors (Lipinski definition) is 4. The first-order valence-corrected chi connectivity index (χ1v) is 12.4. The molecule has 3 nitrogen and oxygen atoms in total. The zero-order valence-corrected chi connectivity index (χ0v) is 19.4. The second kappa shape index (κ2) is 9.43. The predicted octanol–water partition coefficient (Wildman–Crippen LogP) is 6.12. The number of rotatable bonds is 4. The summed E-state index contributed by atoms with van der Waals surface area (Å²) in [5, 5.41) is 0. The summed E-state index contributed by atoms with van der Waals surface area (Å²) in [6.07, 6.45) is 4.40. The molecule has 0 amide bonds. The van der Waals surface area contributed by atoms with Crippen molar-refractivity contribution in [3.05, 3.63) is 98.2 Å². The molecule has 2 heterocycles. The van der Waals surface area contributed by atoms with Crippen molar-refractivity contribution in [3.63, 3.8) is 0 Å². The van der Waals surface area contributed by atoms with Crippen LogP contribution in [0.1, 0.15) is 56.6 Å². The zero-order valence-electron chi connectivity index (χ0n) is 18.6. The first-order chi connectivity index (χ1) is 15.7. The molecule has 3 aromatic rings. The monoisotopic (exact) mass is 443 g/mol. The number of esters is 1. The van der Waals surface area contributed by atoms with E-state index in [1.807, 2.05) is 13.0 Å². The fourth-order valence-electron chi connectivity index (χ4n) is 4.99. The molecule has 1 saturated heterocycles. The zero-order chi connectivity index (χ0) is 21.9. The molecule has 1 fully saturated rings. The van der Waals surface area contributed by atoms with Gasteiger partial charge in [-0.3, -0.25) is 4.90 Å². The number of thiophene rings is 1. The topological polar surface area (TPSA) is 29.5 Å². The molecule has 1 aliphatic heterocycles. The van der Waals surface area contributed by atoms with Gasteiger partial charge < -0.3 is 4.74 Å². The SMILES string of the molecule is CCOC(=O)c1ccc(CN2CCC(=C3c4ccccc4CCc4ccccc43)CC2)s1. The molecule has 0 N–H and O–H groups in total. The fraction of sp³-hybridized carbons (Fsp3) is 0.321. The third-order valence-electron chi connectivity index (χ3n) is 6.57. The first-order valence-electron chi connectivity index (χ1n) is 11.6. The summed E-state index contributed by atoms with van der Waals surface area (Å²) in [5.41, 5.74) is 8.87. The maximum absolute atomic E-state index is 12.0. The van der Waals surface area contributed by atoms with Crippen LogP contribution in [0, 0.1) is 0 Å². The van der Waals surface area contributed by atoms with E-state index in [1.165, 1.54) is 32.7 Å². The summed E-state index contributed by atoms with van der Waals surface area (Å²) >= 11 is 1.56. The van der Waals surface area contributed by atoms with E-state index in [1.54, 1.807) is 16.9 Å². The molecule has 0 saturated carbocycles. The Bertz CT molecular complexity index is 1100. The highest BCUT2D eigenvalue weighted by molar-refractivity contribution is 7.13. The molecular formula is C28H29NO2S. The standard InChI is InChI=1S/C28H29NO2S/c1-2-31-28(30)26-14-13-23(32-26)19-29-17-15-22(16-18-29)27-24-9-5-3-7-20(24)11-12-21-8-4-6-10-25(21)27/h3-10,13-14H,2,11-12,15-19H2,1H3. The number of nitrogens with zero attached hydrogens (tertiary/aromatic N) is 1. The molecule has 0 radical (unpaired) electrons. The lowest BCUT2D eigenvalue weighted by Gasteiger charge is -2.30. The minimum Gasteiger partial charge on any atom is -0.462 e. The van der Waals surface area contributed by atoms with Crippen LogP contribution in [0.3, 0.4) is 0 Å². The summed E-state index contributed by atoms with van der Waals surface area (Å²) in [6.45, 7) is 5.27. The molecule has 164 valence electrons. The van der Waals surface area contributed by atoms with E-state index in [9.17, 15) is 4.79 Å². The molecule has 0 atom stereocenters. The molecule has 0 spiro atoms. The minimum atomic E-state index is -0.208. The molecule has 1 aliphatic carbocycles. The lowest BCUT2D eigenvalue weighted by atomic mass is 9.86. The van der Waals surface area contributed by atoms with Gasteiger partial charge in [-0.25, -0.2) is 4.79 Å². The van der Waals surface area contributed by atoms with Crippen molar-refractivity contribution in [2.45, 2.75) is 39.2 Å². The van der Waals surface area contributed by atoms with Crippen LogP contribution in [0.2, 0.25) is 0 Å². The van der Waals surface area contributed by atoms with Crippen molar-refractivity contribution in [1.29, 1.82) is 0 Å². The third-order valence-corrected chi connectivity index (χ3v) is 7.62. The number of likely N-dealkylation sites (tertiary alicyclic amines) is 1. The minimum absolute atomic E-state index is 0.208. The number of carbonyl (C=O) groups excluding carboxylic acids is 1. The van der Waals surface area contributed by atoms with Crippen molar-refractivity contribution in [1.82, 2.24) is 4.90 Å². The highest BCUT2D eigenvalue weighted by Crippen LogP contribution is 2.38. The van der Waals surface area contributed by atoms with Crippen molar-refractivity contribution >= 4 is 22.9 Å². The van der Waals surface area contributed by atoms with Gasteiger partial charge in [-0.2, -0.15) is 0 Å². The average molecular weight is 444 g/mol. The van der Waals surface area contributed by atoms with Crippen LogP contribution in [-0.2, 0) is 24.1 Å². The van der Waals surface area contributed by atoms with Crippen LogP contribution in [0.15, 0.2) is 66.2 Å². The van der Waals surface area contributed by atoms with Gasteiger partial charge in [-0.15, -0.1) is 11.3 Å². The predicted molar refractivity (Wildman–Crippen MR) is 131 cm³/mol. The second-order valence-electron chi connectivity index (χ2n) is 8.56. The van der Waals surface area contributed by atoms with Crippen LogP contribution < -0.4 is 0 Å². The highest BCUT2D eigenvalue weighted by atomic mass is 32.1. The van der Waals surface area contributed by atoms with E-state index < -0.39 is 0 Å². The van der Waals surface area contributed by atoms with Crippen molar-refractivity contribution in [3.8, 4) is 0 Å². The van der Waals surface area contributed by atoms with Gasteiger partial charge in [0.2, 0.25) is 0 Å². The maximum atomic E-state index is 12.0. The number of hydrogen-bond donors (Lipinski definition) is 0. The Morgan fingerprint density at radius 1 is 0.875 bits per heavy atom. The molecule has 32 heavy (non-hydrogen) atoms. The number of carbonyl (C=O) groups is 1. The van der Waals surface area contributed by atoms with Gasteiger partial charge in [0.05, 0.1) is 6.61 Å². The summed E-state index contributed by atoms with van der Waals surface area (Å²) in [6, 6.07) is 21.9. The summed E-state index contributed by atoms with van der Waals surface area (Å²) in [7, 11) is 0. The van der Waals surface area contributed by atoms with Gasteiger partial charge in [0, 0.05) is 24.5 Å². The third kappa shape index (κ3) is 4.30. The first kappa shape index (κ1) is 21.2. The van der Waals surface area contributed by atoms with Gasteiger partial charge in [-0.05, 0) is 72.6 Å². The Morgan fingerprint density at radius 3 is 2.12 bits per heavy atom. The Morgan fingerprint density at radius 2 is 1.50 bits per heavy atom. The summed E-state index contributed by atoms with van der Waals surface area (Å²) < 4.78 is 5.13. The average Bonchev–Trinajstić information content (AvgIpc) is 3.22. The van der Waals surface area contributed by atoms with Gasteiger partial charge in [0.25, 0.3) is 0 Å². The van der Waals surface area contributed by atoms with Gasteiger partial charge in [0.1, 0.15) is 4.88 Å². The van der Waals surface area contributed by atoms with Crippen LogP contribution in [0.25, 0.3) is 5.57 Å². The quantitative estimate of drug-likeness (QED) is 0.455. The number of fused-ring (bicyclic) bond motifs is 2. The van der Waals surface area contributed by atoms with E-state index >= 15 is 0 Å². The van der Waals surface area contributed by atoms with Gasteiger partial charge >= 0.3 is 5.97 Å². The van der Waals surface area contributed by atoms with Crippen molar-refractivity contribution < 1.29 is 9.53 Å². The van der Waals surface area contributed by atoms with E-state index in [2.05, 4.69) is 59.5 Å². The molecule has 2 aliphatic rings. The molecule has 4 heteroatoms. The lowest BCUT2D eigenvalue weighted by Crippen LogP contribution is -2.30. The van der Waals surface area contributed by atoms with Gasteiger partial charge in [0.15, 0.2) is 0 Å². The normalized spacial score (nSPS) is 16.3. The van der Waals surface area contributed by atoms with E-state index in [0.717, 1.165) is 45.3 Å². The van der Waals surface area contributed by atoms with Crippen molar-refractivity contribution in [2.75, 3.05) is 19.7 Å². The van der Waals surface area contributed by atoms with E-state index in [4.69, 9.17) is 4.74 Å². The largest absolute Gasteiger partial charge is 0.462 e.